The summed E-state index contributed by atoms with van der Waals surface area (Å²) in [5.74, 6) is -2.06. The molecule has 2 aliphatic heterocycles. The molecule has 1 aromatic carbocycles. The zero-order valence-electron chi connectivity index (χ0n) is 14.1. The van der Waals surface area contributed by atoms with Crippen LogP contribution >= 0.6 is 0 Å². The number of primary amides is 1. The van der Waals surface area contributed by atoms with E-state index in [9.17, 15) is 19.2 Å². The van der Waals surface area contributed by atoms with Crippen molar-refractivity contribution < 1.29 is 24.3 Å². The molecule has 1 aromatic rings. The molecule has 3 amide bonds. The summed E-state index contributed by atoms with van der Waals surface area (Å²) in [4.78, 5) is 52.0. The highest BCUT2D eigenvalue weighted by Crippen LogP contribution is 2.26. The number of anilines is 1. The van der Waals surface area contributed by atoms with Crippen LogP contribution in [0.3, 0.4) is 0 Å². The van der Waals surface area contributed by atoms with Crippen LogP contribution in [0, 0.1) is 0 Å². The summed E-state index contributed by atoms with van der Waals surface area (Å²) in [6.45, 7) is 2.54. The van der Waals surface area contributed by atoms with Gasteiger partial charge in [0.05, 0.1) is 30.3 Å². The average molecular weight is 360 g/mol. The first-order valence-corrected chi connectivity index (χ1v) is 8.31. The predicted molar refractivity (Wildman–Crippen MR) is 91.5 cm³/mol. The van der Waals surface area contributed by atoms with Gasteiger partial charge >= 0.3 is 5.97 Å². The number of aromatic carboxylic acids is 1. The van der Waals surface area contributed by atoms with Gasteiger partial charge in [-0.3, -0.25) is 24.2 Å². The van der Waals surface area contributed by atoms with Gasteiger partial charge in [0.25, 0.3) is 5.91 Å². The van der Waals surface area contributed by atoms with Crippen molar-refractivity contribution in [1.29, 1.82) is 0 Å². The Kier molecular flexibility index (Phi) is 5.01. The number of benzene rings is 1. The minimum atomic E-state index is -1.07. The van der Waals surface area contributed by atoms with Crippen molar-refractivity contribution in [2.75, 3.05) is 37.6 Å². The number of carboxylic acid groups (broad SMARTS) is 1. The monoisotopic (exact) mass is 360 g/mol. The van der Waals surface area contributed by atoms with Crippen LogP contribution in [-0.2, 0) is 14.4 Å². The summed E-state index contributed by atoms with van der Waals surface area (Å²) >= 11 is 0. The Morgan fingerprint density at radius 3 is 2.23 bits per heavy atom. The highest BCUT2D eigenvalue weighted by Gasteiger charge is 2.43. The quantitative estimate of drug-likeness (QED) is 0.653. The van der Waals surface area contributed by atoms with Crippen molar-refractivity contribution in [2.45, 2.75) is 12.5 Å². The Bertz CT molecular complexity index is 740. The third kappa shape index (κ3) is 3.58. The first-order chi connectivity index (χ1) is 12.4. The molecule has 0 saturated carbocycles. The van der Waals surface area contributed by atoms with Gasteiger partial charge < -0.3 is 10.8 Å². The molecule has 0 bridgehead atoms. The molecule has 2 heterocycles. The number of piperazine rings is 1. The van der Waals surface area contributed by atoms with Crippen LogP contribution < -0.4 is 10.6 Å². The zero-order chi connectivity index (χ0) is 18.8. The molecule has 3 N–H and O–H groups in total. The average Bonchev–Trinajstić information content (AvgIpc) is 2.89. The molecule has 26 heavy (non-hydrogen) atoms. The molecular formula is C17H20N4O5. The van der Waals surface area contributed by atoms with E-state index in [-0.39, 0.29) is 36.3 Å². The van der Waals surface area contributed by atoms with Gasteiger partial charge in [0.2, 0.25) is 11.8 Å². The van der Waals surface area contributed by atoms with Crippen molar-refractivity contribution in [1.82, 2.24) is 9.80 Å². The number of nitrogens with two attached hydrogens (primary N) is 1. The van der Waals surface area contributed by atoms with Gasteiger partial charge in [-0.05, 0) is 24.3 Å². The number of imide groups is 1. The minimum absolute atomic E-state index is 0.0926. The van der Waals surface area contributed by atoms with Gasteiger partial charge in [0.15, 0.2) is 0 Å². The number of hydrogen-bond acceptors (Lipinski definition) is 6. The van der Waals surface area contributed by atoms with Crippen LogP contribution in [0.4, 0.5) is 5.69 Å². The van der Waals surface area contributed by atoms with E-state index in [1.165, 1.54) is 24.3 Å². The second-order valence-corrected chi connectivity index (χ2v) is 6.42. The van der Waals surface area contributed by atoms with Crippen molar-refractivity contribution in [3.05, 3.63) is 29.8 Å². The lowest BCUT2D eigenvalue weighted by molar-refractivity contribution is -0.124. The smallest absolute Gasteiger partial charge is 0.335 e. The van der Waals surface area contributed by atoms with Gasteiger partial charge in [-0.25, -0.2) is 9.69 Å². The zero-order valence-corrected chi connectivity index (χ0v) is 14.1. The van der Waals surface area contributed by atoms with E-state index in [2.05, 4.69) is 0 Å². The van der Waals surface area contributed by atoms with E-state index in [1.807, 2.05) is 9.80 Å². The van der Waals surface area contributed by atoms with Crippen LogP contribution in [0.25, 0.3) is 0 Å². The van der Waals surface area contributed by atoms with Crippen LogP contribution in [-0.4, -0.2) is 77.4 Å². The fraction of sp³-hybridized carbons (Fsp3) is 0.412. The Morgan fingerprint density at radius 1 is 1.08 bits per heavy atom. The van der Waals surface area contributed by atoms with Gasteiger partial charge in [-0.15, -0.1) is 0 Å². The fourth-order valence-corrected chi connectivity index (χ4v) is 3.38. The lowest BCUT2D eigenvalue weighted by Crippen LogP contribution is -2.53. The second-order valence-electron chi connectivity index (χ2n) is 6.42. The molecule has 0 aliphatic carbocycles. The van der Waals surface area contributed by atoms with E-state index >= 15 is 0 Å². The molecule has 2 saturated heterocycles. The maximum Gasteiger partial charge on any atom is 0.335 e. The SMILES string of the molecule is NC(=O)CN1CCN(C2CC(=O)N(c3ccc(C(=O)O)cc3)C2=O)CC1. The molecule has 2 aliphatic rings. The number of amides is 3. The Hall–Kier alpha value is -2.78. The lowest BCUT2D eigenvalue weighted by Gasteiger charge is -2.36. The normalized spacial score (nSPS) is 22.0. The summed E-state index contributed by atoms with van der Waals surface area (Å²) in [5.41, 5.74) is 5.66. The summed E-state index contributed by atoms with van der Waals surface area (Å²) in [7, 11) is 0. The van der Waals surface area contributed by atoms with Gasteiger partial charge in [-0.1, -0.05) is 0 Å². The Labute approximate surface area is 149 Å². The van der Waals surface area contributed by atoms with E-state index in [0.29, 0.717) is 31.9 Å². The lowest BCUT2D eigenvalue weighted by atomic mass is 10.1. The number of carboxylic acids is 1. The van der Waals surface area contributed by atoms with E-state index < -0.39 is 12.0 Å². The first kappa shape index (κ1) is 18.0. The number of carbonyl (C=O) groups is 4. The van der Waals surface area contributed by atoms with Gasteiger partial charge in [0, 0.05) is 26.2 Å². The molecule has 3 rings (SSSR count). The minimum Gasteiger partial charge on any atom is -0.478 e. The van der Waals surface area contributed by atoms with E-state index in [0.717, 1.165) is 4.90 Å². The second kappa shape index (κ2) is 7.22. The highest BCUT2D eigenvalue weighted by atomic mass is 16.4. The molecule has 1 atom stereocenters. The van der Waals surface area contributed by atoms with Crippen LogP contribution in [0.1, 0.15) is 16.8 Å². The summed E-state index contributed by atoms with van der Waals surface area (Å²) in [6, 6.07) is 5.14. The van der Waals surface area contributed by atoms with Gasteiger partial charge in [0.1, 0.15) is 0 Å². The third-order valence-electron chi connectivity index (χ3n) is 4.72. The number of hydrogen-bond donors (Lipinski definition) is 2. The third-order valence-corrected chi connectivity index (χ3v) is 4.72. The molecule has 0 aromatic heterocycles. The fourth-order valence-electron chi connectivity index (χ4n) is 3.38. The largest absolute Gasteiger partial charge is 0.478 e. The summed E-state index contributed by atoms with van der Waals surface area (Å²) in [6.07, 6.45) is 0.0926. The van der Waals surface area contributed by atoms with E-state index in [4.69, 9.17) is 10.8 Å². The van der Waals surface area contributed by atoms with Crippen LogP contribution in [0.2, 0.25) is 0 Å². The van der Waals surface area contributed by atoms with Crippen molar-refractivity contribution in [3.8, 4) is 0 Å². The maximum atomic E-state index is 12.8. The van der Waals surface area contributed by atoms with Crippen molar-refractivity contribution in [3.63, 3.8) is 0 Å². The van der Waals surface area contributed by atoms with Gasteiger partial charge in [-0.2, -0.15) is 0 Å². The summed E-state index contributed by atoms with van der Waals surface area (Å²) < 4.78 is 0. The number of rotatable bonds is 5. The van der Waals surface area contributed by atoms with Crippen molar-refractivity contribution in [2.24, 2.45) is 5.73 Å². The molecule has 9 heteroatoms. The standard InChI is InChI=1S/C17H20N4O5/c18-14(22)10-19-5-7-20(8-6-19)13-9-15(23)21(16(13)24)12-3-1-11(2-4-12)17(25)26/h1-4,13H,5-10H2,(H2,18,22)(H,25,26). The molecular weight excluding hydrogens is 340 g/mol. The Balaban J connectivity index is 1.67. The number of nitrogens with zero attached hydrogens (tertiary/aromatic N) is 3. The first-order valence-electron chi connectivity index (χ1n) is 8.31. The molecule has 138 valence electrons. The molecule has 2 fully saturated rings. The van der Waals surface area contributed by atoms with E-state index in [1.54, 1.807) is 0 Å². The number of carbonyl (C=O) groups excluding carboxylic acids is 3. The predicted octanol–water partition coefficient (Wildman–Crippen LogP) is -0.880. The topological polar surface area (TPSA) is 124 Å². The summed E-state index contributed by atoms with van der Waals surface area (Å²) in [5, 5.41) is 8.95. The highest BCUT2D eigenvalue weighted by molar-refractivity contribution is 6.22. The van der Waals surface area contributed by atoms with Crippen LogP contribution in [0.15, 0.2) is 24.3 Å². The maximum absolute atomic E-state index is 12.8. The molecule has 0 radical (unpaired) electrons. The molecule has 1 unspecified atom stereocenters. The van der Waals surface area contributed by atoms with Crippen molar-refractivity contribution >= 4 is 29.4 Å². The van der Waals surface area contributed by atoms with Crippen LogP contribution in [0.5, 0.6) is 0 Å². The molecule has 0 spiro atoms. The Morgan fingerprint density at radius 2 is 1.69 bits per heavy atom. The molecule has 9 nitrogen and oxygen atoms in total.